The highest BCUT2D eigenvalue weighted by Crippen LogP contribution is 2.35. The quantitative estimate of drug-likeness (QED) is 0.738. The maximum atomic E-state index is 11.6. The summed E-state index contributed by atoms with van der Waals surface area (Å²) in [4.78, 5) is 11.6. The Bertz CT molecular complexity index is 441. The molecule has 0 aliphatic heterocycles. The molecule has 0 N–H and O–H groups in total. The number of ether oxygens (including phenoxy) is 1. The SMILES string of the molecule is C=C(c1ccccc1)C(C)(C)COC(=O)C1CC1. The molecule has 2 rings (SSSR count). The first-order chi connectivity index (χ1) is 8.50. The van der Waals surface area contributed by atoms with Crippen LogP contribution in [0.5, 0.6) is 0 Å². The monoisotopic (exact) mass is 244 g/mol. The van der Waals surface area contributed by atoms with Crippen molar-refractivity contribution in [3.05, 3.63) is 42.5 Å². The number of hydrogen-bond donors (Lipinski definition) is 0. The number of esters is 1. The molecule has 0 atom stereocenters. The summed E-state index contributed by atoms with van der Waals surface area (Å²) in [7, 11) is 0. The van der Waals surface area contributed by atoms with Gasteiger partial charge in [-0.2, -0.15) is 0 Å². The van der Waals surface area contributed by atoms with E-state index in [1.54, 1.807) is 0 Å². The van der Waals surface area contributed by atoms with E-state index in [2.05, 4.69) is 20.4 Å². The zero-order valence-corrected chi connectivity index (χ0v) is 11.1. The van der Waals surface area contributed by atoms with E-state index in [0.717, 1.165) is 24.0 Å². The minimum atomic E-state index is -0.230. The van der Waals surface area contributed by atoms with E-state index in [1.807, 2.05) is 30.3 Å². The lowest BCUT2D eigenvalue weighted by atomic mass is 9.82. The lowest BCUT2D eigenvalue weighted by molar-refractivity contribution is -0.147. The third kappa shape index (κ3) is 3.00. The van der Waals surface area contributed by atoms with Crippen LogP contribution < -0.4 is 0 Å². The number of carbonyl (C=O) groups is 1. The van der Waals surface area contributed by atoms with Crippen LogP contribution in [0.2, 0.25) is 0 Å². The molecule has 2 nitrogen and oxygen atoms in total. The smallest absolute Gasteiger partial charge is 0.308 e. The van der Waals surface area contributed by atoms with Crippen LogP contribution in [-0.4, -0.2) is 12.6 Å². The molecule has 0 saturated heterocycles. The maximum Gasteiger partial charge on any atom is 0.308 e. The lowest BCUT2D eigenvalue weighted by Gasteiger charge is -2.27. The summed E-state index contributed by atoms with van der Waals surface area (Å²) in [5.41, 5.74) is 1.88. The highest BCUT2D eigenvalue weighted by molar-refractivity contribution is 5.75. The molecule has 1 aliphatic rings. The fraction of sp³-hybridized carbons (Fsp3) is 0.438. The molecule has 0 spiro atoms. The number of benzene rings is 1. The van der Waals surface area contributed by atoms with Crippen molar-refractivity contribution in [2.24, 2.45) is 11.3 Å². The van der Waals surface area contributed by atoms with E-state index >= 15 is 0 Å². The Labute approximate surface area is 109 Å². The van der Waals surface area contributed by atoms with E-state index in [0.29, 0.717) is 6.61 Å². The van der Waals surface area contributed by atoms with Gasteiger partial charge in [0.25, 0.3) is 0 Å². The van der Waals surface area contributed by atoms with E-state index in [4.69, 9.17) is 4.74 Å². The highest BCUT2D eigenvalue weighted by atomic mass is 16.5. The molecular weight excluding hydrogens is 224 g/mol. The lowest BCUT2D eigenvalue weighted by Crippen LogP contribution is -2.23. The minimum absolute atomic E-state index is 0.0519. The second kappa shape index (κ2) is 4.97. The standard InChI is InChI=1S/C16H20O2/c1-12(13-7-5-4-6-8-13)16(2,3)11-18-15(17)14-9-10-14/h4-8,14H,1,9-11H2,2-3H3. The summed E-state index contributed by atoms with van der Waals surface area (Å²) in [5.74, 6) is 0.106. The summed E-state index contributed by atoms with van der Waals surface area (Å²) in [6.45, 7) is 8.66. The van der Waals surface area contributed by atoms with Crippen molar-refractivity contribution in [2.45, 2.75) is 26.7 Å². The second-order valence-electron chi connectivity index (χ2n) is 5.61. The van der Waals surface area contributed by atoms with Crippen molar-refractivity contribution in [1.82, 2.24) is 0 Å². The molecule has 18 heavy (non-hydrogen) atoms. The molecule has 96 valence electrons. The predicted molar refractivity (Wildman–Crippen MR) is 72.9 cm³/mol. The Morgan fingerprint density at radius 3 is 2.50 bits per heavy atom. The molecule has 1 aromatic rings. The van der Waals surface area contributed by atoms with Gasteiger partial charge in [0, 0.05) is 5.41 Å². The van der Waals surface area contributed by atoms with Crippen LogP contribution in [0.1, 0.15) is 32.3 Å². The summed E-state index contributed by atoms with van der Waals surface area (Å²) in [6, 6.07) is 10.0. The van der Waals surface area contributed by atoms with Gasteiger partial charge in [0.15, 0.2) is 0 Å². The fourth-order valence-electron chi connectivity index (χ4n) is 1.81. The Morgan fingerprint density at radius 2 is 1.94 bits per heavy atom. The van der Waals surface area contributed by atoms with E-state index in [9.17, 15) is 4.79 Å². The third-order valence-electron chi connectivity index (χ3n) is 3.43. The molecule has 1 aromatic carbocycles. The van der Waals surface area contributed by atoms with Crippen molar-refractivity contribution in [3.8, 4) is 0 Å². The molecule has 0 aromatic heterocycles. The van der Waals surface area contributed by atoms with Gasteiger partial charge in [-0.25, -0.2) is 0 Å². The van der Waals surface area contributed by atoms with Crippen LogP contribution in [0.25, 0.3) is 5.57 Å². The second-order valence-corrected chi connectivity index (χ2v) is 5.61. The first-order valence-corrected chi connectivity index (χ1v) is 6.42. The summed E-state index contributed by atoms with van der Waals surface area (Å²) < 4.78 is 5.37. The van der Waals surface area contributed by atoms with E-state index in [1.165, 1.54) is 0 Å². The molecule has 0 bridgehead atoms. The predicted octanol–water partition coefficient (Wildman–Crippen LogP) is 3.68. The van der Waals surface area contributed by atoms with Crippen LogP contribution >= 0.6 is 0 Å². The van der Waals surface area contributed by atoms with Crippen LogP contribution in [0.3, 0.4) is 0 Å². The van der Waals surface area contributed by atoms with E-state index < -0.39 is 0 Å². The largest absolute Gasteiger partial charge is 0.465 e. The van der Waals surface area contributed by atoms with Crippen LogP contribution in [0, 0.1) is 11.3 Å². The topological polar surface area (TPSA) is 26.3 Å². The summed E-state index contributed by atoms with van der Waals surface area (Å²) in [5, 5.41) is 0. The third-order valence-corrected chi connectivity index (χ3v) is 3.43. The molecular formula is C16H20O2. The van der Waals surface area contributed by atoms with Crippen LogP contribution in [-0.2, 0) is 9.53 Å². The first-order valence-electron chi connectivity index (χ1n) is 6.42. The number of rotatable bonds is 5. The Balaban J connectivity index is 1.96. The van der Waals surface area contributed by atoms with Gasteiger partial charge in [0.2, 0.25) is 0 Å². The van der Waals surface area contributed by atoms with Gasteiger partial charge in [-0.3, -0.25) is 4.79 Å². The average molecular weight is 244 g/mol. The van der Waals surface area contributed by atoms with Crippen LogP contribution in [0.4, 0.5) is 0 Å². The van der Waals surface area contributed by atoms with Gasteiger partial charge in [0.1, 0.15) is 6.61 Å². The van der Waals surface area contributed by atoms with Crippen molar-refractivity contribution in [1.29, 1.82) is 0 Å². The number of hydrogen-bond acceptors (Lipinski definition) is 2. The van der Waals surface area contributed by atoms with Crippen molar-refractivity contribution < 1.29 is 9.53 Å². The highest BCUT2D eigenvalue weighted by Gasteiger charge is 2.33. The summed E-state index contributed by atoms with van der Waals surface area (Å²) >= 11 is 0. The van der Waals surface area contributed by atoms with Gasteiger partial charge in [-0.1, -0.05) is 50.8 Å². The zero-order chi connectivity index (χ0) is 13.2. The summed E-state index contributed by atoms with van der Waals surface area (Å²) in [6.07, 6.45) is 1.97. The van der Waals surface area contributed by atoms with E-state index in [-0.39, 0.29) is 17.3 Å². The molecule has 1 fully saturated rings. The Kier molecular flexibility index (Phi) is 3.55. The van der Waals surface area contributed by atoms with Gasteiger partial charge >= 0.3 is 5.97 Å². The normalized spacial score (nSPS) is 15.2. The fourth-order valence-corrected chi connectivity index (χ4v) is 1.81. The molecule has 0 amide bonds. The van der Waals surface area contributed by atoms with Gasteiger partial charge in [0.05, 0.1) is 5.92 Å². The average Bonchev–Trinajstić information content (AvgIpc) is 3.20. The van der Waals surface area contributed by atoms with Crippen molar-refractivity contribution in [2.75, 3.05) is 6.61 Å². The van der Waals surface area contributed by atoms with Crippen LogP contribution in [0.15, 0.2) is 36.9 Å². The van der Waals surface area contributed by atoms with Gasteiger partial charge < -0.3 is 4.74 Å². The Hall–Kier alpha value is -1.57. The van der Waals surface area contributed by atoms with Gasteiger partial charge in [-0.15, -0.1) is 0 Å². The molecule has 1 saturated carbocycles. The maximum absolute atomic E-state index is 11.6. The number of carbonyl (C=O) groups excluding carboxylic acids is 1. The van der Waals surface area contributed by atoms with Crippen molar-refractivity contribution >= 4 is 11.5 Å². The molecule has 2 heteroatoms. The molecule has 0 heterocycles. The minimum Gasteiger partial charge on any atom is -0.465 e. The molecule has 1 aliphatic carbocycles. The zero-order valence-electron chi connectivity index (χ0n) is 11.1. The molecule has 0 unspecified atom stereocenters. The Morgan fingerprint density at radius 1 is 1.33 bits per heavy atom. The molecule has 0 radical (unpaired) electrons. The first kappa shape index (κ1) is 12.9. The van der Waals surface area contributed by atoms with Gasteiger partial charge in [-0.05, 0) is 24.0 Å². The van der Waals surface area contributed by atoms with Crippen molar-refractivity contribution in [3.63, 3.8) is 0 Å².